The predicted molar refractivity (Wildman–Crippen MR) is 93.2 cm³/mol. The molecule has 2 bridgehead atoms. The van der Waals surface area contributed by atoms with Crippen LogP contribution < -0.4 is 5.32 Å². The molecule has 3 aliphatic rings. The van der Waals surface area contributed by atoms with E-state index in [0.717, 1.165) is 36.5 Å². The number of nitrogens with one attached hydrogen (secondary N) is 1. The number of benzene rings is 2. The van der Waals surface area contributed by atoms with Crippen LogP contribution in [0, 0.1) is 29.4 Å². The van der Waals surface area contributed by atoms with E-state index in [9.17, 15) is 13.6 Å². The quantitative estimate of drug-likeness (QED) is 0.800. The molecule has 0 radical (unpaired) electrons. The summed E-state index contributed by atoms with van der Waals surface area (Å²) in [6, 6.07) is 9.17. The van der Waals surface area contributed by atoms with E-state index < -0.39 is 17.6 Å². The average Bonchev–Trinajstić information content (AvgIpc) is 3.23. The number of halogens is 2. The Balaban J connectivity index is 1.61. The van der Waals surface area contributed by atoms with Crippen LogP contribution in [0.15, 0.2) is 36.4 Å². The maximum Gasteiger partial charge on any atom is 0.335 e. The van der Waals surface area contributed by atoms with Crippen LogP contribution in [-0.2, 0) is 0 Å². The highest BCUT2D eigenvalue weighted by Gasteiger charge is 2.54. The Morgan fingerprint density at radius 3 is 2.54 bits per heavy atom. The number of carbonyl (C=O) groups is 1. The number of hydrogen-bond acceptors (Lipinski definition) is 2. The van der Waals surface area contributed by atoms with Crippen molar-refractivity contribution in [2.45, 2.75) is 31.2 Å². The summed E-state index contributed by atoms with van der Waals surface area (Å²) < 4.78 is 28.4. The van der Waals surface area contributed by atoms with Crippen LogP contribution in [0.3, 0.4) is 0 Å². The Kier molecular flexibility index (Phi) is 3.36. The molecule has 2 aromatic carbocycles. The maximum atomic E-state index is 14.5. The molecule has 0 spiro atoms. The molecule has 0 unspecified atom stereocenters. The normalized spacial score (nSPS) is 31.2. The topological polar surface area (TPSA) is 49.3 Å². The Hall–Kier alpha value is -2.43. The lowest BCUT2D eigenvalue weighted by Gasteiger charge is -2.43. The highest BCUT2D eigenvalue weighted by molar-refractivity contribution is 5.87. The first kappa shape index (κ1) is 15.8. The first-order chi connectivity index (χ1) is 12.5. The SMILES string of the molecule is O=C(O)c1ccc([C@@H]2Nc3c(F)cc(F)cc3[C@@H]3[C@H]4CC[C@@H](C4)[C@H]32)cc1. The monoisotopic (exact) mass is 355 g/mol. The van der Waals surface area contributed by atoms with E-state index in [1.807, 2.05) is 12.1 Å². The number of rotatable bonds is 2. The average molecular weight is 355 g/mol. The zero-order valence-electron chi connectivity index (χ0n) is 14.1. The fraction of sp³-hybridized carbons (Fsp3) is 0.381. The van der Waals surface area contributed by atoms with Crippen LogP contribution in [0.2, 0.25) is 0 Å². The van der Waals surface area contributed by atoms with Gasteiger partial charge in [0.15, 0.2) is 0 Å². The van der Waals surface area contributed by atoms with E-state index in [4.69, 9.17) is 5.11 Å². The molecular formula is C21H19F2NO2. The lowest BCUT2D eigenvalue weighted by molar-refractivity contribution is 0.0697. The molecule has 5 atom stereocenters. The van der Waals surface area contributed by atoms with Crippen molar-refractivity contribution in [1.82, 2.24) is 0 Å². The summed E-state index contributed by atoms with van der Waals surface area (Å²) in [7, 11) is 0. The summed E-state index contributed by atoms with van der Waals surface area (Å²) in [4.78, 5) is 11.1. The van der Waals surface area contributed by atoms with Crippen LogP contribution in [0.5, 0.6) is 0 Å². The number of hydrogen-bond donors (Lipinski definition) is 2. The fourth-order valence-electron chi connectivity index (χ4n) is 5.68. The molecule has 134 valence electrons. The van der Waals surface area contributed by atoms with Gasteiger partial charge in [-0.25, -0.2) is 13.6 Å². The molecule has 2 aliphatic carbocycles. The Morgan fingerprint density at radius 2 is 1.81 bits per heavy atom. The van der Waals surface area contributed by atoms with Gasteiger partial charge in [0.05, 0.1) is 17.3 Å². The molecule has 0 amide bonds. The van der Waals surface area contributed by atoms with Gasteiger partial charge in [-0.15, -0.1) is 0 Å². The molecule has 5 rings (SSSR count). The number of fused-ring (bicyclic) bond motifs is 7. The number of carboxylic acid groups (broad SMARTS) is 1. The Labute approximate surface area is 150 Å². The van der Waals surface area contributed by atoms with E-state index in [1.54, 1.807) is 12.1 Å². The molecule has 2 saturated carbocycles. The van der Waals surface area contributed by atoms with Gasteiger partial charge in [0, 0.05) is 6.07 Å². The van der Waals surface area contributed by atoms with Crippen LogP contribution in [0.4, 0.5) is 14.5 Å². The summed E-state index contributed by atoms with van der Waals surface area (Å²) in [6.45, 7) is 0. The number of anilines is 1. The van der Waals surface area contributed by atoms with Gasteiger partial charge in [-0.1, -0.05) is 12.1 Å². The molecular weight excluding hydrogens is 336 g/mol. The number of carboxylic acids is 1. The Morgan fingerprint density at radius 1 is 1.08 bits per heavy atom. The highest BCUT2D eigenvalue weighted by atomic mass is 19.1. The smallest absolute Gasteiger partial charge is 0.335 e. The van der Waals surface area contributed by atoms with Crippen molar-refractivity contribution < 1.29 is 18.7 Å². The minimum atomic E-state index is -0.960. The molecule has 3 nitrogen and oxygen atoms in total. The minimum absolute atomic E-state index is 0.0781. The second kappa shape index (κ2) is 5.53. The lowest BCUT2D eigenvalue weighted by atomic mass is 9.68. The molecule has 0 aromatic heterocycles. The third-order valence-electron chi connectivity index (χ3n) is 6.63. The van der Waals surface area contributed by atoms with E-state index in [2.05, 4.69) is 5.32 Å². The first-order valence-corrected chi connectivity index (χ1v) is 9.11. The fourth-order valence-corrected chi connectivity index (χ4v) is 5.68. The molecule has 2 aromatic rings. The van der Waals surface area contributed by atoms with Gasteiger partial charge < -0.3 is 10.4 Å². The third kappa shape index (κ3) is 2.19. The molecule has 2 fully saturated rings. The summed E-state index contributed by atoms with van der Waals surface area (Å²) >= 11 is 0. The van der Waals surface area contributed by atoms with E-state index in [0.29, 0.717) is 17.5 Å². The molecule has 2 N–H and O–H groups in total. The van der Waals surface area contributed by atoms with Crippen LogP contribution in [-0.4, -0.2) is 11.1 Å². The van der Waals surface area contributed by atoms with Crippen LogP contribution in [0.1, 0.15) is 52.7 Å². The van der Waals surface area contributed by atoms with Gasteiger partial charge >= 0.3 is 5.97 Å². The standard InChI is InChI=1S/C21H19F2NO2/c22-14-8-15-17-12-5-6-13(7-12)18(17)19(24-20(15)16(23)9-14)10-1-3-11(4-2-10)21(25)26/h1-4,8-9,12-13,17-19,24H,5-7H2,(H,25,26)/t12-,13-,17-,18+,19-/m0/s1. The molecule has 0 saturated heterocycles. The van der Waals surface area contributed by atoms with Crippen molar-refractivity contribution in [2.75, 3.05) is 5.32 Å². The van der Waals surface area contributed by atoms with Gasteiger partial charge in [-0.2, -0.15) is 0 Å². The van der Waals surface area contributed by atoms with Gasteiger partial charge in [0.2, 0.25) is 0 Å². The van der Waals surface area contributed by atoms with Crippen molar-refractivity contribution in [2.24, 2.45) is 17.8 Å². The van der Waals surface area contributed by atoms with E-state index >= 15 is 0 Å². The van der Waals surface area contributed by atoms with Gasteiger partial charge in [0.25, 0.3) is 0 Å². The summed E-state index contributed by atoms with van der Waals surface area (Å²) in [5.74, 6) is -0.550. The predicted octanol–water partition coefficient (Wildman–Crippen LogP) is 4.96. The van der Waals surface area contributed by atoms with Gasteiger partial charge in [-0.05, 0) is 72.3 Å². The molecule has 1 aliphatic heterocycles. The third-order valence-corrected chi connectivity index (χ3v) is 6.63. The second-order valence-electron chi connectivity index (χ2n) is 7.84. The molecule has 26 heavy (non-hydrogen) atoms. The van der Waals surface area contributed by atoms with Gasteiger partial charge in [0.1, 0.15) is 11.6 Å². The summed E-state index contributed by atoms with van der Waals surface area (Å²) in [5, 5.41) is 12.4. The molecule has 1 heterocycles. The maximum absolute atomic E-state index is 14.5. The number of aromatic carboxylic acids is 1. The zero-order chi connectivity index (χ0) is 18.0. The largest absolute Gasteiger partial charge is 0.478 e. The zero-order valence-corrected chi connectivity index (χ0v) is 14.1. The van der Waals surface area contributed by atoms with Crippen molar-refractivity contribution in [3.8, 4) is 0 Å². The second-order valence-corrected chi connectivity index (χ2v) is 7.84. The lowest BCUT2D eigenvalue weighted by Crippen LogP contribution is -2.36. The van der Waals surface area contributed by atoms with E-state index in [-0.39, 0.29) is 23.4 Å². The van der Waals surface area contributed by atoms with Crippen LogP contribution in [0.25, 0.3) is 0 Å². The van der Waals surface area contributed by atoms with E-state index in [1.165, 1.54) is 6.07 Å². The van der Waals surface area contributed by atoms with Crippen molar-refractivity contribution in [1.29, 1.82) is 0 Å². The van der Waals surface area contributed by atoms with Crippen molar-refractivity contribution in [3.05, 3.63) is 64.7 Å². The van der Waals surface area contributed by atoms with Crippen molar-refractivity contribution >= 4 is 11.7 Å². The minimum Gasteiger partial charge on any atom is -0.478 e. The molecule has 5 heteroatoms. The van der Waals surface area contributed by atoms with Gasteiger partial charge in [-0.3, -0.25) is 0 Å². The van der Waals surface area contributed by atoms with Crippen LogP contribution >= 0.6 is 0 Å². The summed E-state index contributed by atoms with van der Waals surface area (Å²) in [6.07, 6.45) is 3.39. The highest BCUT2D eigenvalue weighted by Crippen LogP contribution is 2.63. The first-order valence-electron chi connectivity index (χ1n) is 9.11. The summed E-state index contributed by atoms with van der Waals surface area (Å²) in [5.41, 5.74) is 2.39. The van der Waals surface area contributed by atoms with Crippen molar-refractivity contribution in [3.63, 3.8) is 0 Å². The Bertz CT molecular complexity index is 896.